The van der Waals surface area contributed by atoms with E-state index in [9.17, 15) is 4.21 Å². The van der Waals surface area contributed by atoms with Crippen LogP contribution >= 0.6 is 0 Å². The molecule has 0 aliphatic carbocycles. The molecular weight excluding hydrogens is 444 g/mol. The van der Waals surface area contributed by atoms with Gasteiger partial charge in [-0.1, -0.05) is 97.1 Å². The van der Waals surface area contributed by atoms with Gasteiger partial charge in [-0.2, -0.15) is 0 Å². The Morgan fingerprint density at radius 1 is 0.486 bits per heavy atom. The van der Waals surface area contributed by atoms with Crippen LogP contribution in [0, 0.1) is 0 Å². The zero-order chi connectivity index (χ0) is 23.8. The van der Waals surface area contributed by atoms with E-state index in [4.69, 9.17) is 0 Å². The van der Waals surface area contributed by atoms with Crippen molar-refractivity contribution in [3.05, 3.63) is 127 Å². The van der Waals surface area contributed by atoms with E-state index in [1.54, 1.807) is 6.26 Å². The predicted octanol–water partition coefficient (Wildman–Crippen LogP) is 8.73. The van der Waals surface area contributed by atoms with Gasteiger partial charge in [-0.3, -0.25) is 4.21 Å². The number of hydrogen-bond acceptors (Lipinski definition) is 1. The van der Waals surface area contributed by atoms with E-state index in [2.05, 4.69) is 115 Å². The van der Waals surface area contributed by atoms with Crippen LogP contribution in [0.5, 0.6) is 0 Å². The van der Waals surface area contributed by atoms with Crippen LogP contribution in [0.2, 0.25) is 0 Å². The van der Waals surface area contributed by atoms with Gasteiger partial charge in [0.15, 0.2) is 0 Å². The SMILES string of the molecule is CS(=O)c1ccc(-c2c(-c3ccccc3)c(-c3ccccc3)cc3cc4ccccc4cc23)cc1. The maximum atomic E-state index is 12.1. The van der Waals surface area contributed by atoms with E-state index in [0.717, 1.165) is 10.5 Å². The molecule has 0 spiro atoms. The molecule has 1 unspecified atom stereocenters. The van der Waals surface area contributed by atoms with Gasteiger partial charge >= 0.3 is 0 Å². The third-order valence-corrected chi connectivity index (χ3v) is 7.56. The van der Waals surface area contributed by atoms with E-state index in [1.165, 1.54) is 49.4 Å². The minimum absolute atomic E-state index is 0.837. The molecule has 168 valence electrons. The van der Waals surface area contributed by atoms with Crippen molar-refractivity contribution >= 4 is 32.3 Å². The molecule has 0 radical (unpaired) electrons. The third kappa shape index (κ3) is 3.96. The van der Waals surface area contributed by atoms with E-state index in [0.29, 0.717) is 0 Å². The zero-order valence-corrected chi connectivity index (χ0v) is 20.3. The van der Waals surface area contributed by atoms with Crippen LogP contribution in [0.4, 0.5) is 0 Å². The number of hydrogen-bond donors (Lipinski definition) is 0. The third-order valence-electron chi connectivity index (χ3n) is 6.63. The Hall–Kier alpha value is -4.01. The van der Waals surface area contributed by atoms with E-state index < -0.39 is 10.8 Å². The molecule has 0 bridgehead atoms. The Morgan fingerprint density at radius 2 is 1.03 bits per heavy atom. The summed E-state index contributed by atoms with van der Waals surface area (Å²) < 4.78 is 12.1. The standard InChI is InChI=1S/C33H24OS/c1-35(34)29-18-16-25(17-19-29)33-31-21-27-15-9-8-14-26(27)20-28(31)22-30(23-10-4-2-5-11-23)32(33)24-12-6-3-7-13-24/h2-22H,1H3. The van der Waals surface area contributed by atoms with Gasteiger partial charge in [0.05, 0.1) is 0 Å². The van der Waals surface area contributed by atoms with Gasteiger partial charge in [0.25, 0.3) is 0 Å². The molecule has 0 saturated carbocycles. The predicted molar refractivity (Wildman–Crippen MR) is 150 cm³/mol. The molecular formula is C33H24OS. The highest BCUT2D eigenvalue weighted by Gasteiger charge is 2.19. The molecule has 0 aromatic heterocycles. The topological polar surface area (TPSA) is 17.1 Å². The van der Waals surface area contributed by atoms with Gasteiger partial charge in [0.1, 0.15) is 0 Å². The minimum Gasteiger partial charge on any atom is -0.255 e. The van der Waals surface area contributed by atoms with Gasteiger partial charge in [0, 0.05) is 22.0 Å². The smallest absolute Gasteiger partial charge is 0.0498 e. The van der Waals surface area contributed by atoms with Crippen molar-refractivity contribution < 1.29 is 4.21 Å². The fourth-order valence-corrected chi connectivity index (χ4v) is 5.47. The Balaban J connectivity index is 1.79. The van der Waals surface area contributed by atoms with Crippen molar-refractivity contribution in [3.63, 3.8) is 0 Å². The summed E-state index contributed by atoms with van der Waals surface area (Å²) in [4.78, 5) is 0.837. The Bertz CT molecular complexity index is 1690. The summed E-state index contributed by atoms with van der Waals surface area (Å²) in [5.74, 6) is 0. The molecule has 0 saturated heterocycles. The second-order valence-corrected chi connectivity index (χ2v) is 10.2. The molecule has 0 fully saturated rings. The number of fused-ring (bicyclic) bond motifs is 2. The van der Waals surface area contributed by atoms with Gasteiger partial charge in [-0.05, 0) is 85.3 Å². The van der Waals surface area contributed by atoms with Crippen LogP contribution in [0.1, 0.15) is 0 Å². The quantitative estimate of drug-likeness (QED) is 0.236. The molecule has 0 heterocycles. The lowest BCUT2D eigenvalue weighted by Gasteiger charge is -2.20. The molecule has 0 aliphatic heterocycles. The second-order valence-electron chi connectivity index (χ2n) is 8.81. The van der Waals surface area contributed by atoms with E-state index in [1.807, 2.05) is 12.1 Å². The molecule has 0 N–H and O–H groups in total. The highest BCUT2D eigenvalue weighted by atomic mass is 32.2. The average Bonchev–Trinajstić information content (AvgIpc) is 2.92. The summed E-state index contributed by atoms with van der Waals surface area (Å²) in [5.41, 5.74) is 7.11. The summed E-state index contributed by atoms with van der Waals surface area (Å²) in [6, 6.07) is 44.9. The molecule has 2 heteroatoms. The molecule has 1 atom stereocenters. The molecule has 1 nitrogen and oxygen atoms in total. The van der Waals surface area contributed by atoms with Crippen molar-refractivity contribution in [1.82, 2.24) is 0 Å². The Kier molecular flexibility index (Phi) is 5.52. The fourth-order valence-electron chi connectivity index (χ4n) is 4.95. The lowest BCUT2D eigenvalue weighted by molar-refractivity contribution is 0.687. The Morgan fingerprint density at radius 3 is 1.66 bits per heavy atom. The largest absolute Gasteiger partial charge is 0.255 e. The van der Waals surface area contributed by atoms with Crippen molar-refractivity contribution in [2.24, 2.45) is 0 Å². The second kappa shape index (κ2) is 8.98. The molecule has 35 heavy (non-hydrogen) atoms. The molecule has 0 amide bonds. The zero-order valence-electron chi connectivity index (χ0n) is 19.4. The summed E-state index contributed by atoms with van der Waals surface area (Å²) in [6.07, 6.45) is 1.72. The molecule has 6 aromatic rings. The van der Waals surface area contributed by atoms with Crippen molar-refractivity contribution in [3.8, 4) is 33.4 Å². The van der Waals surface area contributed by atoms with Crippen molar-refractivity contribution in [2.45, 2.75) is 4.90 Å². The van der Waals surface area contributed by atoms with Crippen LogP contribution in [0.25, 0.3) is 54.9 Å². The first-order valence-corrected chi connectivity index (χ1v) is 13.3. The normalized spacial score (nSPS) is 12.1. The summed E-state index contributed by atoms with van der Waals surface area (Å²) >= 11 is 0. The molecule has 0 aliphatic rings. The molecule has 6 aromatic carbocycles. The van der Waals surface area contributed by atoms with Crippen molar-refractivity contribution in [1.29, 1.82) is 0 Å². The minimum atomic E-state index is -1.01. The highest BCUT2D eigenvalue weighted by Crippen LogP contribution is 2.45. The monoisotopic (exact) mass is 468 g/mol. The first-order valence-electron chi connectivity index (χ1n) is 11.7. The average molecular weight is 469 g/mol. The van der Waals surface area contributed by atoms with Crippen LogP contribution in [0.15, 0.2) is 132 Å². The summed E-state index contributed by atoms with van der Waals surface area (Å²) in [7, 11) is -1.01. The van der Waals surface area contributed by atoms with Crippen LogP contribution in [-0.2, 0) is 10.8 Å². The van der Waals surface area contributed by atoms with Crippen LogP contribution < -0.4 is 0 Å². The van der Waals surface area contributed by atoms with Gasteiger partial charge < -0.3 is 0 Å². The van der Waals surface area contributed by atoms with E-state index >= 15 is 0 Å². The van der Waals surface area contributed by atoms with Crippen molar-refractivity contribution in [2.75, 3.05) is 6.26 Å². The first kappa shape index (κ1) is 21.5. The van der Waals surface area contributed by atoms with Gasteiger partial charge in [0.2, 0.25) is 0 Å². The fraction of sp³-hybridized carbons (Fsp3) is 0.0303. The Labute approximate surface area is 208 Å². The van der Waals surface area contributed by atoms with E-state index in [-0.39, 0.29) is 0 Å². The number of benzene rings is 6. The lowest BCUT2D eigenvalue weighted by Crippen LogP contribution is -1.94. The number of rotatable bonds is 4. The van der Waals surface area contributed by atoms with Gasteiger partial charge in [-0.25, -0.2) is 0 Å². The first-order chi connectivity index (χ1) is 17.2. The van der Waals surface area contributed by atoms with Crippen LogP contribution in [0.3, 0.4) is 0 Å². The van der Waals surface area contributed by atoms with Gasteiger partial charge in [-0.15, -0.1) is 0 Å². The summed E-state index contributed by atoms with van der Waals surface area (Å²) in [6.45, 7) is 0. The lowest BCUT2D eigenvalue weighted by atomic mass is 9.83. The highest BCUT2D eigenvalue weighted by molar-refractivity contribution is 7.84. The maximum Gasteiger partial charge on any atom is 0.0498 e. The molecule has 6 rings (SSSR count). The summed E-state index contributed by atoms with van der Waals surface area (Å²) in [5, 5.41) is 4.88. The maximum absolute atomic E-state index is 12.1. The van der Waals surface area contributed by atoms with Crippen LogP contribution in [-0.4, -0.2) is 10.5 Å².